The third-order valence-electron chi connectivity index (χ3n) is 3.54. The smallest absolute Gasteiger partial charge is 0.295 e. The van der Waals surface area contributed by atoms with Gasteiger partial charge in [0.1, 0.15) is 17.3 Å². The molecule has 0 bridgehead atoms. The van der Waals surface area contributed by atoms with Gasteiger partial charge < -0.3 is 15.0 Å². The van der Waals surface area contributed by atoms with Gasteiger partial charge >= 0.3 is 0 Å². The van der Waals surface area contributed by atoms with Gasteiger partial charge in [-0.05, 0) is 31.2 Å². The van der Waals surface area contributed by atoms with Gasteiger partial charge in [-0.15, -0.1) is 0 Å². The lowest BCUT2D eigenvalue weighted by Gasteiger charge is -2.22. The Balaban J connectivity index is 2.16. The van der Waals surface area contributed by atoms with Crippen molar-refractivity contribution in [1.82, 2.24) is 0 Å². The van der Waals surface area contributed by atoms with Crippen LogP contribution >= 0.6 is 0 Å². The Morgan fingerprint density at radius 1 is 1.32 bits per heavy atom. The predicted octanol–water partition coefficient (Wildman–Crippen LogP) is 3.21. The number of nitro groups is 1. The fourth-order valence-corrected chi connectivity index (χ4v) is 2.35. The highest BCUT2D eigenvalue weighted by atomic mass is 19.1. The van der Waals surface area contributed by atoms with Crippen LogP contribution in [0.25, 0.3) is 0 Å². The summed E-state index contributed by atoms with van der Waals surface area (Å²) in [6, 6.07) is 10.1. The molecule has 0 unspecified atom stereocenters. The second-order valence-corrected chi connectivity index (χ2v) is 5.18. The van der Waals surface area contributed by atoms with E-state index in [1.807, 2.05) is 0 Å². The maximum atomic E-state index is 13.3. The molecule has 0 aromatic heterocycles. The molecule has 132 valence electrons. The van der Waals surface area contributed by atoms with Gasteiger partial charge in [-0.3, -0.25) is 14.9 Å². The van der Waals surface area contributed by atoms with Crippen LogP contribution in [-0.2, 0) is 4.79 Å². The summed E-state index contributed by atoms with van der Waals surface area (Å²) in [7, 11) is 1.52. The SMILES string of the molecule is CCN(CC(=O)Nc1cccc(OC)c1)c1ccc(F)cc1[N+](=O)[O-]. The first-order valence-electron chi connectivity index (χ1n) is 7.57. The molecule has 0 fully saturated rings. The van der Waals surface area contributed by atoms with E-state index in [1.165, 1.54) is 18.1 Å². The van der Waals surface area contributed by atoms with E-state index in [-0.39, 0.29) is 23.8 Å². The first kappa shape index (κ1) is 18.2. The summed E-state index contributed by atoms with van der Waals surface area (Å²) in [5, 5.41) is 13.8. The Bertz CT molecular complexity index is 782. The summed E-state index contributed by atoms with van der Waals surface area (Å²) in [6.45, 7) is 1.99. The number of benzene rings is 2. The highest BCUT2D eigenvalue weighted by molar-refractivity contribution is 5.94. The molecule has 7 nitrogen and oxygen atoms in total. The number of nitrogens with zero attached hydrogens (tertiary/aromatic N) is 2. The molecule has 0 radical (unpaired) electrons. The number of nitrogens with one attached hydrogen (secondary N) is 1. The Labute approximate surface area is 144 Å². The fraction of sp³-hybridized carbons (Fsp3) is 0.235. The topological polar surface area (TPSA) is 84.7 Å². The number of rotatable bonds is 7. The molecule has 0 heterocycles. The maximum absolute atomic E-state index is 13.3. The molecule has 0 aliphatic rings. The summed E-state index contributed by atoms with van der Waals surface area (Å²) in [5.74, 6) is -0.458. The summed E-state index contributed by atoms with van der Waals surface area (Å²) >= 11 is 0. The van der Waals surface area contributed by atoms with Crippen LogP contribution in [-0.4, -0.2) is 31.0 Å². The van der Waals surface area contributed by atoms with Gasteiger partial charge in [-0.1, -0.05) is 6.07 Å². The molecule has 2 aromatic rings. The lowest BCUT2D eigenvalue weighted by Crippen LogP contribution is -2.33. The van der Waals surface area contributed by atoms with Crippen molar-refractivity contribution in [3.05, 3.63) is 58.4 Å². The molecule has 2 aromatic carbocycles. The molecule has 25 heavy (non-hydrogen) atoms. The van der Waals surface area contributed by atoms with Crippen molar-refractivity contribution in [1.29, 1.82) is 0 Å². The lowest BCUT2D eigenvalue weighted by molar-refractivity contribution is -0.384. The van der Waals surface area contributed by atoms with E-state index in [0.717, 1.165) is 12.1 Å². The van der Waals surface area contributed by atoms with Gasteiger partial charge in [0.05, 0.1) is 24.6 Å². The van der Waals surface area contributed by atoms with Crippen molar-refractivity contribution >= 4 is 23.0 Å². The van der Waals surface area contributed by atoms with Crippen LogP contribution in [0.4, 0.5) is 21.5 Å². The molecule has 2 rings (SSSR count). The number of likely N-dealkylation sites (N-methyl/N-ethyl adjacent to an activating group) is 1. The Morgan fingerprint density at radius 2 is 2.08 bits per heavy atom. The molecule has 1 amide bonds. The van der Waals surface area contributed by atoms with Crippen molar-refractivity contribution in [3.8, 4) is 5.75 Å². The second-order valence-electron chi connectivity index (χ2n) is 5.18. The molecule has 0 saturated heterocycles. The minimum Gasteiger partial charge on any atom is -0.497 e. The average Bonchev–Trinajstić information content (AvgIpc) is 2.60. The standard InChI is InChI=1S/C17H18FN3O4/c1-3-20(15-8-7-12(18)9-16(15)21(23)24)11-17(22)19-13-5-4-6-14(10-13)25-2/h4-10H,3,11H2,1-2H3,(H,19,22). The van der Waals surface area contributed by atoms with Crippen LogP contribution in [0.2, 0.25) is 0 Å². The van der Waals surface area contributed by atoms with E-state index in [1.54, 1.807) is 31.2 Å². The van der Waals surface area contributed by atoms with Crippen LogP contribution in [0.15, 0.2) is 42.5 Å². The molecule has 0 spiro atoms. The first-order valence-corrected chi connectivity index (χ1v) is 7.57. The van der Waals surface area contributed by atoms with Crippen LogP contribution in [0.5, 0.6) is 5.75 Å². The van der Waals surface area contributed by atoms with E-state index < -0.39 is 10.7 Å². The van der Waals surface area contributed by atoms with Crippen molar-refractivity contribution in [2.45, 2.75) is 6.92 Å². The number of carbonyl (C=O) groups excluding carboxylic acids is 1. The zero-order valence-corrected chi connectivity index (χ0v) is 13.9. The van der Waals surface area contributed by atoms with Gasteiger partial charge in [0.2, 0.25) is 5.91 Å². The number of halogens is 1. The van der Waals surface area contributed by atoms with Gasteiger partial charge in [0.15, 0.2) is 0 Å². The highest BCUT2D eigenvalue weighted by Crippen LogP contribution is 2.28. The minimum atomic E-state index is -0.702. The third-order valence-corrected chi connectivity index (χ3v) is 3.54. The second kappa shape index (κ2) is 8.09. The number of amides is 1. The molecule has 0 aliphatic carbocycles. The van der Waals surface area contributed by atoms with Crippen molar-refractivity contribution in [3.63, 3.8) is 0 Å². The maximum Gasteiger partial charge on any atom is 0.295 e. The number of ether oxygens (including phenoxy) is 1. The molecule has 0 atom stereocenters. The summed E-state index contributed by atoms with van der Waals surface area (Å²) in [6.07, 6.45) is 0. The van der Waals surface area contributed by atoms with Crippen LogP contribution in [0, 0.1) is 15.9 Å². The van der Waals surface area contributed by atoms with E-state index in [0.29, 0.717) is 18.0 Å². The highest BCUT2D eigenvalue weighted by Gasteiger charge is 2.21. The van der Waals surface area contributed by atoms with Gasteiger partial charge in [-0.25, -0.2) is 4.39 Å². The van der Waals surface area contributed by atoms with Crippen molar-refractivity contribution in [2.24, 2.45) is 0 Å². The monoisotopic (exact) mass is 347 g/mol. The largest absolute Gasteiger partial charge is 0.497 e. The molecule has 8 heteroatoms. The molecular formula is C17H18FN3O4. The average molecular weight is 347 g/mol. The molecule has 1 N–H and O–H groups in total. The van der Waals surface area contributed by atoms with Crippen LogP contribution in [0.3, 0.4) is 0 Å². The number of hydrogen-bond donors (Lipinski definition) is 1. The zero-order chi connectivity index (χ0) is 18.4. The molecular weight excluding hydrogens is 329 g/mol. The minimum absolute atomic E-state index is 0.111. The van der Waals surface area contributed by atoms with E-state index in [2.05, 4.69) is 5.32 Å². The van der Waals surface area contributed by atoms with Crippen molar-refractivity contribution < 1.29 is 18.8 Å². The number of carbonyl (C=O) groups is 1. The first-order chi connectivity index (χ1) is 11.9. The Morgan fingerprint density at radius 3 is 2.72 bits per heavy atom. The summed E-state index contributed by atoms with van der Waals surface area (Å²) < 4.78 is 18.4. The molecule has 0 aliphatic heterocycles. The third kappa shape index (κ3) is 4.66. The van der Waals surface area contributed by atoms with E-state index in [4.69, 9.17) is 4.74 Å². The van der Waals surface area contributed by atoms with E-state index >= 15 is 0 Å². The van der Waals surface area contributed by atoms with Crippen LogP contribution in [0.1, 0.15) is 6.92 Å². The number of hydrogen-bond acceptors (Lipinski definition) is 5. The van der Waals surface area contributed by atoms with Crippen LogP contribution < -0.4 is 15.0 Å². The number of anilines is 2. The zero-order valence-electron chi connectivity index (χ0n) is 13.9. The van der Waals surface area contributed by atoms with Gasteiger partial charge in [0.25, 0.3) is 5.69 Å². The Kier molecular flexibility index (Phi) is 5.89. The Hall–Kier alpha value is -3.16. The van der Waals surface area contributed by atoms with Crippen molar-refractivity contribution in [2.75, 3.05) is 30.4 Å². The fourth-order valence-electron chi connectivity index (χ4n) is 2.35. The van der Waals surface area contributed by atoms with Gasteiger partial charge in [-0.2, -0.15) is 0 Å². The predicted molar refractivity (Wildman–Crippen MR) is 92.6 cm³/mol. The lowest BCUT2D eigenvalue weighted by atomic mass is 10.2. The van der Waals surface area contributed by atoms with E-state index in [9.17, 15) is 19.3 Å². The quantitative estimate of drug-likeness (QED) is 0.614. The molecule has 0 saturated carbocycles. The number of methoxy groups -OCH3 is 1. The normalized spacial score (nSPS) is 10.2. The summed E-state index contributed by atoms with van der Waals surface area (Å²) in [4.78, 5) is 24.2. The summed E-state index contributed by atoms with van der Waals surface area (Å²) in [5.41, 5.74) is 0.361. The number of nitro benzene ring substituents is 1. The van der Waals surface area contributed by atoms with Gasteiger partial charge in [0, 0.05) is 18.3 Å².